The van der Waals surface area contributed by atoms with Crippen molar-refractivity contribution in [2.24, 2.45) is 7.05 Å². The molecule has 100 valence electrons. The number of aryl methyl sites for hydroxylation is 1. The maximum Gasteiger partial charge on any atom is 0.224 e. The normalized spacial score (nSPS) is 12.1. The lowest BCUT2D eigenvalue weighted by molar-refractivity contribution is -0.121. The van der Waals surface area contributed by atoms with E-state index in [0.717, 1.165) is 11.4 Å². The zero-order valence-corrected chi connectivity index (χ0v) is 11.0. The highest BCUT2D eigenvalue weighted by atomic mass is 16.1. The topological polar surface area (TPSA) is 85.8 Å². The Bertz CT molecular complexity index is 578. The number of anilines is 1. The SMILES string of the molecule is CC(NC(=O)Cc1cccc(N)c1)c1nncn1C. The van der Waals surface area contributed by atoms with Crippen LogP contribution in [0.3, 0.4) is 0 Å². The monoisotopic (exact) mass is 259 g/mol. The molecule has 0 spiro atoms. The minimum Gasteiger partial charge on any atom is -0.399 e. The van der Waals surface area contributed by atoms with Crippen LogP contribution in [0.25, 0.3) is 0 Å². The minimum absolute atomic E-state index is 0.0684. The summed E-state index contributed by atoms with van der Waals surface area (Å²) in [7, 11) is 1.84. The molecule has 1 amide bonds. The second-order valence-electron chi connectivity index (χ2n) is 4.51. The molecular weight excluding hydrogens is 242 g/mol. The Morgan fingerprint density at radius 1 is 1.53 bits per heavy atom. The van der Waals surface area contributed by atoms with Gasteiger partial charge in [0.1, 0.15) is 6.33 Å². The number of amides is 1. The molecule has 0 fully saturated rings. The van der Waals surface area contributed by atoms with Crippen LogP contribution < -0.4 is 11.1 Å². The number of nitrogens with zero attached hydrogens (tertiary/aromatic N) is 3. The Balaban J connectivity index is 1.96. The van der Waals surface area contributed by atoms with Crippen molar-refractivity contribution >= 4 is 11.6 Å². The van der Waals surface area contributed by atoms with Gasteiger partial charge in [-0.15, -0.1) is 10.2 Å². The maximum absolute atomic E-state index is 11.9. The van der Waals surface area contributed by atoms with E-state index in [1.54, 1.807) is 23.0 Å². The molecule has 2 aromatic rings. The summed E-state index contributed by atoms with van der Waals surface area (Å²) in [6.45, 7) is 1.88. The van der Waals surface area contributed by atoms with Crippen molar-refractivity contribution in [3.8, 4) is 0 Å². The van der Waals surface area contributed by atoms with Crippen molar-refractivity contribution in [3.05, 3.63) is 42.0 Å². The van der Waals surface area contributed by atoms with Crippen molar-refractivity contribution in [1.29, 1.82) is 0 Å². The lowest BCUT2D eigenvalue weighted by atomic mass is 10.1. The molecule has 0 radical (unpaired) electrons. The summed E-state index contributed by atoms with van der Waals surface area (Å²) in [6, 6.07) is 7.13. The molecule has 0 aliphatic rings. The van der Waals surface area contributed by atoms with Crippen LogP contribution in [0.5, 0.6) is 0 Å². The van der Waals surface area contributed by atoms with Crippen LogP contribution in [0.1, 0.15) is 24.4 Å². The lowest BCUT2D eigenvalue weighted by Gasteiger charge is -2.13. The summed E-state index contributed by atoms with van der Waals surface area (Å²) < 4.78 is 1.78. The van der Waals surface area contributed by atoms with Gasteiger partial charge in [0, 0.05) is 12.7 Å². The maximum atomic E-state index is 11.9. The van der Waals surface area contributed by atoms with Gasteiger partial charge in [-0.3, -0.25) is 4.79 Å². The Morgan fingerprint density at radius 3 is 2.95 bits per heavy atom. The highest BCUT2D eigenvalue weighted by Crippen LogP contribution is 2.10. The lowest BCUT2D eigenvalue weighted by Crippen LogP contribution is -2.29. The predicted octanol–water partition coefficient (Wildman–Crippen LogP) is 0.817. The van der Waals surface area contributed by atoms with E-state index in [1.165, 1.54) is 0 Å². The van der Waals surface area contributed by atoms with Gasteiger partial charge in [0.2, 0.25) is 5.91 Å². The summed E-state index contributed by atoms with van der Waals surface area (Å²) in [5.74, 6) is 0.655. The van der Waals surface area contributed by atoms with Gasteiger partial charge in [-0.05, 0) is 24.6 Å². The largest absolute Gasteiger partial charge is 0.399 e. The second-order valence-corrected chi connectivity index (χ2v) is 4.51. The molecule has 1 unspecified atom stereocenters. The Labute approximate surface area is 111 Å². The zero-order valence-electron chi connectivity index (χ0n) is 11.0. The van der Waals surface area contributed by atoms with Gasteiger partial charge in [-0.1, -0.05) is 12.1 Å². The third-order valence-corrected chi connectivity index (χ3v) is 2.83. The van der Waals surface area contributed by atoms with Gasteiger partial charge in [-0.2, -0.15) is 0 Å². The van der Waals surface area contributed by atoms with Gasteiger partial charge in [-0.25, -0.2) is 0 Å². The van der Waals surface area contributed by atoms with E-state index in [9.17, 15) is 4.79 Å². The molecular formula is C13H17N5O. The molecule has 6 nitrogen and oxygen atoms in total. The highest BCUT2D eigenvalue weighted by molar-refractivity contribution is 5.79. The first-order chi connectivity index (χ1) is 9.06. The smallest absolute Gasteiger partial charge is 0.224 e. The van der Waals surface area contributed by atoms with Crippen LogP contribution in [-0.2, 0) is 18.3 Å². The molecule has 0 bridgehead atoms. The average Bonchev–Trinajstić information content (AvgIpc) is 2.75. The van der Waals surface area contributed by atoms with Crippen LogP contribution in [0.2, 0.25) is 0 Å². The predicted molar refractivity (Wildman–Crippen MR) is 72.1 cm³/mol. The van der Waals surface area contributed by atoms with E-state index in [-0.39, 0.29) is 11.9 Å². The number of carbonyl (C=O) groups is 1. The van der Waals surface area contributed by atoms with Crippen LogP contribution >= 0.6 is 0 Å². The first kappa shape index (κ1) is 13.1. The molecule has 1 aromatic heterocycles. The third kappa shape index (κ3) is 3.31. The number of nitrogens with two attached hydrogens (primary N) is 1. The molecule has 3 N–H and O–H groups in total. The zero-order chi connectivity index (χ0) is 13.8. The van der Waals surface area contributed by atoms with Crippen molar-refractivity contribution in [1.82, 2.24) is 20.1 Å². The van der Waals surface area contributed by atoms with Crippen LogP contribution in [-0.4, -0.2) is 20.7 Å². The summed E-state index contributed by atoms with van der Waals surface area (Å²) in [6.07, 6.45) is 1.91. The molecule has 1 atom stereocenters. The molecule has 1 heterocycles. The number of carbonyl (C=O) groups excluding carboxylic acids is 1. The number of nitrogen functional groups attached to an aromatic ring is 1. The molecule has 0 aliphatic heterocycles. The molecule has 0 saturated carbocycles. The fourth-order valence-electron chi connectivity index (χ4n) is 1.93. The first-order valence-corrected chi connectivity index (χ1v) is 6.04. The first-order valence-electron chi connectivity index (χ1n) is 6.04. The van der Waals surface area contributed by atoms with E-state index in [2.05, 4.69) is 15.5 Å². The number of rotatable bonds is 4. The number of nitrogens with one attached hydrogen (secondary N) is 1. The van der Waals surface area contributed by atoms with Gasteiger partial charge in [0.25, 0.3) is 0 Å². The molecule has 2 rings (SSSR count). The molecule has 6 heteroatoms. The number of hydrogen-bond acceptors (Lipinski definition) is 4. The summed E-state index contributed by atoms with van der Waals surface area (Å²) >= 11 is 0. The number of aromatic nitrogens is 3. The van der Waals surface area contributed by atoms with Crippen molar-refractivity contribution in [3.63, 3.8) is 0 Å². The highest BCUT2D eigenvalue weighted by Gasteiger charge is 2.14. The van der Waals surface area contributed by atoms with Crippen LogP contribution in [0.4, 0.5) is 5.69 Å². The Morgan fingerprint density at radius 2 is 2.32 bits per heavy atom. The summed E-state index contributed by atoms with van der Waals surface area (Å²) in [5.41, 5.74) is 7.23. The molecule has 0 saturated heterocycles. The van der Waals surface area contributed by atoms with E-state index in [4.69, 9.17) is 5.73 Å². The Kier molecular flexibility index (Phi) is 3.79. The summed E-state index contributed by atoms with van der Waals surface area (Å²) in [4.78, 5) is 11.9. The fourth-order valence-corrected chi connectivity index (χ4v) is 1.93. The van der Waals surface area contributed by atoms with Crippen molar-refractivity contribution < 1.29 is 4.79 Å². The van der Waals surface area contributed by atoms with E-state index >= 15 is 0 Å². The average molecular weight is 259 g/mol. The fraction of sp³-hybridized carbons (Fsp3) is 0.308. The number of benzene rings is 1. The van der Waals surface area contributed by atoms with Crippen molar-refractivity contribution in [2.75, 3.05) is 5.73 Å². The quantitative estimate of drug-likeness (QED) is 0.796. The van der Waals surface area contributed by atoms with E-state index in [1.807, 2.05) is 26.1 Å². The molecule has 0 aliphatic carbocycles. The second kappa shape index (κ2) is 5.51. The van der Waals surface area contributed by atoms with Gasteiger partial charge in [0.15, 0.2) is 5.82 Å². The minimum atomic E-state index is -0.180. The van der Waals surface area contributed by atoms with Crippen LogP contribution in [0.15, 0.2) is 30.6 Å². The van der Waals surface area contributed by atoms with Crippen molar-refractivity contribution in [2.45, 2.75) is 19.4 Å². The standard InChI is InChI=1S/C13H17N5O/c1-9(13-17-15-8-18(13)2)16-12(19)7-10-4-3-5-11(14)6-10/h3-6,8-9H,7,14H2,1-2H3,(H,16,19). The van der Waals surface area contributed by atoms with Gasteiger partial charge >= 0.3 is 0 Å². The van der Waals surface area contributed by atoms with E-state index < -0.39 is 0 Å². The molecule has 1 aromatic carbocycles. The summed E-state index contributed by atoms with van der Waals surface area (Å²) in [5, 5.41) is 10.6. The Hall–Kier alpha value is -2.37. The van der Waals surface area contributed by atoms with Crippen LogP contribution in [0, 0.1) is 0 Å². The van der Waals surface area contributed by atoms with E-state index in [0.29, 0.717) is 12.1 Å². The third-order valence-electron chi connectivity index (χ3n) is 2.83. The van der Waals surface area contributed by atoms with Gasteiger partial charge in [0.05, 0.1) is 12.5 Å². The van der Waals surface area contributed by atoms with Gasteiger partial charge < -0.3 is 15.6 Å². The molecule has 19 heavy (non-hydrogen) atoms. The number of hydrogen-bond donors (Lipinski definition) is 2.